The monoisotopic (exact) mass is 353 g/mol. The lowest BCUT2D eigenvalue weighted by Crippen LogP contribution is -2.47. The van der Waals surface area contributed by atoms with Crippen LogP contribution in [-0.2, 0) is 6.42 Å². The van der Waals surface area contributed by atoms with Crippen LogP contribution in [0.3, 0.4) is 0 Å². The highest BCUT2D eigenvalue weighted by atomic mass is 16.3. The number of aromatic nitrogens is 2. The summed E-state index contributed by atoms with van der Waals surface area (Å²) in [6.07, 6.45) is 3.52. The van der Waals surface area contributed by atoms with Gasteiger partial charge in [0.1, 0.15) is 5.82 Å². The van der Waals surface area contributed by atoms with Crippen molar-refractivity contribution in [2.75, 3.05) is 55.6 Å². The smallest absolute Gasteiger partial charge is 0.227 e. The van der Waals surface area contributed by atoms with Crippen molar-refractivity contribution in [3.8, 4) is 0 Å². The van der Waals surface area contributed by atoms with Gasteiger partial charge in [-0.3, -0.25) is 4.90 Å². The minimum absolute atomic E-state index is 0.235. The third-order valence-electron chi connectivity index (χ3n) is 5.33. The van der Waals surface area contributed by atoms with Crippen LogP contribution in [0.2, 0.25) is 0 Å². The lowest BCUT2D eigenvalue weighted by Gasteiger charge is -2.35. The van der Waals surface area contributed by atoms with Gasteiger partial charge in [-0.1, -0.05) is 30.3 Å². The molecular weight excluding hydrogens is 326 g/mol. The average molecular weight is 353 g/mol. The Morgan fingerprint density at radius 2 is 1.77 bits per heavy atom. The van der Waals surface area contributed by atoms with E-state index in [1.807, 2.05) is 12.3 Å². The van der Waals surface area contributed by atoms with Crippen LogP contribution in [0.4, 0.5) is 11.8 Å². The molecule has 1 aromatic heterocycles. The molecule has 3 heterocycles. The fraction of sp³-hybridized carbons (Fsp3) is 0.500. The van der Waals surface area contributed by atoms with Crippen LogP contribution >= 0.6 is 0 Å². The maximum Gasteiger partial charge on any atom is 0.227 e. The zero-order valence-electron chi connectivity index (χ0n) is 15.2. The number of hydrogen-bond donors (Lipinski definition) is 1. The molecule has 0 aliphatic carbocycles. The summed E-state index contributed by atoms with van der Waals surface area (Å²) in [6, 6.07) is 12.6. The minimum Gasteiger partial charge on any atom is -0.391 e. The second-order valence-corrected chi connectivity index (χ2v) is 7.17. The third-order valence-corrected chi connectivity index (χ3v) is 5.33. The van der Waals surface area contributed by atoms with Crippen LogP contribution in [-0.4, -0.2) is 71.9 Å². The Kier molecular flexibility index (Phi) is 5.32. The lowest BCUT2D eigenvalue weighted by atomic mass is 10.1. The van der Waals surface area contributed by atoms with Gasteiger partial charge in [0.2, 0.25) is 5.95 Å². The van der Waals surface area contributed by atoms with Crippen molar-refractivity contribution in [2.24, 2.45) is 0 Å². The SMILES string of the molecule is OC1CCN(c2ccnc(N3CCN(CCc4ccccc4)CC3)n2)C1. The van der Waals surface area contributed by atoms with Crippen molar-refractivity contribution in [3.63, 3.8) is 0 Å². The van der Waals surface area contributed by atoms with Gasteiger partial charge in [0.15, 0.2) is 0 Å². The summed E-state index contributed by atoms with van der Waals surface area (Å²) in [5.74, 6) is 1.74. The Labute approximate surface area is 155 Å². The number of β-amino-alcohol motifs (C(OH)–C–C–N with tert-alkyl or cyclic N) is 1. The maximum atomic E-state index is 9.74. The molecule has 26 heavy (non-hydrogen) atoms. The minimum atomic E-state index is -0.235. The molecule has 2 saturated heterocycles. The normalized spacial score (nSPS) is 21.3. The first-order chi connectivity index (χ1) is 12.8. The molecule has 1 atom stereocenters. The molecule has 2 aliphatic rings. The largest absolute Gasteiger partial charge is 0.391 e. The van der Waals surface area contributed by atoms with Crippen molar-refractivity contribution in [2.45, 2.75) is 18.9 Å². The first kappa shape index (κ1) is 17.2. The number of nitrogens with zero attached hydrogens (tertiary/aromatic N) is 5. The van der Waals surface area contributed by atoms with Gasteiger partial charge in [-0.25, -0.2) is 4.98 Å². The van der Waals surface area contributed by atoms with E-state index in [1.165, 1.54) is 5.56 Å². The molecule has 0 spiro atoms. The van der Waals surface area contributed by atoms with Gasteiger partial charge in [0, 0.05) is 52.0 Å². The number of hydrogen-bond acceptors (Lipinski definition) is 6. The van der Waals surface area contributed by atoms with Gasteiger partial charge in [0.25, 0.3) is 0 Å². The molecule has 1 aromatic carbocycles. The Balaban J connectivity index is 1.30. The number of rotatable bonds is 5. The summed E-state index contributed by atoms with van der Waals surface area (Å²) in [6.45, 7) is 6.65. The van der Waals surface area contributed by atoms with Gasteiger partial charge in [-0.15, -0.1) is 0 Å². The number of benzene rings is 1. The summed E-state index contributed by atoms with van der Waals surface area (Å²) in [5, 5.41) is 9.74. The highest BCUT2D eigenvalue weighted by molar-refractivity contribution is 5.45. The van der Waals surface area contributed by atoms with E-state index in [1.54, 1.807) is 0 Å². The Hall–Kier alpha value is -2.18. The highest BCUT2D eigenvalue weighted by Crippen LogP contribution is 2.20. The number of anilines is 2. The standard InChI is InChI=1S/C20H27N5O/c26-18-8-11-25(16-18)19-6-9-21-20(22-19)24-14-12-23(13-15-24)10-7-17-4-2-1-3-5-17/h1-6,9,18,26H,7-8,10-16H2. The van der Waals surface area contributed by atoms with E-state index in [0.29, 0.717) is 6.54 Å². The van der Waals surface area contributed by atoms with E-state index < -0.39 is 0 Å². The third kappa shape index (κ3) is 4.14. The van der Waals surface area contributed by atoms with Crippen molar-refractivity contribution < 1.29 is 5.11 Å². The molecule has 2 fully saturated rings. The molecule has 6 nitrogen and oxygen atoms in total. The second kappa shape index (κ2) is 8.01. The highest BCUT2D eigenvalue weighted by Gasteiger charge is 2.23. The summed E-state index contributed by atoms with van der Waals surface area (Å²) >= 11 is 0. The molecule has 1 unspecified atom stereocenters. The van der Waals surface area contributed by atoms with E-state index in [4.69, 9.17) is 4.98 Å². The van der Waals surface area contributed by atoms with Crippen molar-refractivity contribution in [1.82, 2.24) is 14.9 Å². The summed E-state index contributed by atoms with van der Waals surface area (Å²) in [7, 11) is 0. The van der Waals surface area contributed by atoms with Gasteiger partial charge >= 0.3 is 0 Å². The second-order valence-electron chi connectivity index (χ2n) is 7.17. The van der Waals surface area contributed by atoms with Crippen LogP contribution < -0.4 is 9.80 Å². The molecule has 2 aromatic rings. The maximum absolute atomic E-state index is 9.74. The molecular formula is C20H27N5O. The Morgan fingerprint density at radius 1 is 0.962 bits per heavy atom. The first-order valence-electron chi connectivity index (χ1n) is 9.55. The zero-order chi connectivity index (χ0) is 17.8. The predicted molar refractivity (Wildman–Crippen MR) is 104 cm³/mol. The number of aliphatic hydroxyl groups excluding tert-OH is 1. The van der Waals surface area contributed by atoms with Crippen LogP contribution in [0.25, 0.3) is 0 Å². The molecule has 0 bridgehead atoms. The lowest BCUT2D eigenvalue weighted by molar-refractivity contribution is 0.198. The molecule has 0 amide bonds. The number of aliphatic hydroxyl groups is 1. The van der Waals surface area contributed by atoms with Gasteiger partial charge in [0.05, 0.1) is 6.10 Å². The van der Waals surface area contributed by atoms with Gasteiger partial charge in [-0.05, 0) is 24.5 Å². The quantitative estimate of drug-likeness (QED) is 0.877. The molecule has 6 heteroatoms. The summed E-state index contributed by atoms with van der Waals surface area (Å²) in [5.41, 5.74) is 1.40. The van der Waals surface area contributed by atoms with Crippen molar-refractivity contribution in [1.29, 1.82) is 0 Å². The molecule has 138 valence electrons. The van der Waals surface area contributed by atoms with Crippen LogP contribution in [0.5, 0.6) is 0 Å². The topological polar surface area (TPSA) is 55.7 Å². The zero-order valence-corrected chi connectivity index (χ0v) is 15.2. The average Bonchev–Trinajstić information content (AvgIpc) is 3.14. The first-order valence-corrected chi connectivity index (χ1v) is 9.55. The predicted octanol–water partition coefficient (Wildman–Crippen LogP) is 1.41. The molecule has 4 rings (SSSR count). The van der Waals surface area contributed by atoms with Crippen molar-refractivity contribution >= 4 is 11.8 Å². The molecule has 1 N–H and O–H groups in total. The fourth-order valence-electron chi connectivity index (χ4n) is 3.72. The van der Waals surface area contributed by atoms with Crippen molar-refractivity contribution in [3.05, 3.63) is 48.2 Å². The van der Waals surface area contributed by atoms with Gasteiger partial charge < -0.3 is 14.9 Å². The van der Waals surface area contributed by atoms with Gasteiger partial charge in [-0.2, -0.15) is 4.98 Å². The van der Waals surface area contributed by atoms with E-state index in [0.717, 1.165) is 63.9 Å². The van der Waals surface area contributed by atoms with E-state index in [9.17, 15) is 5.11 Å². The molecule has 0 saturated carbocycles. The van der Waals surface area contributed by atoms with Crippen LogP contribution in [0, 0.1) is 0 Å². The summed E-state index contributed by atoms with van der Waals surface area (Å²) < 4.78 is 0. The van der Waals surface area contributed by atoms with Crippen LogP contribution in [0.1, 0.15) is 12.0 Å². The molecule has 2 aliphatic heterocycles. The number of piperazine rings is 1. The Morgan fingerprint density at radius 3 is 2.50 bits per heavy atom. The van der Waals surface area contributed by atoms with E-state index in [2.05, 4.69) is 50.0 Å². The van der Waals surface area contributed by atoms with E-state index >= 15 is 0 Å². The van der Waals surface area contributed by atoms with E-state index in [-0.39, 0.29) is 6.10 Å². The Bertz CT molecular complexity index is 702. The van der Waals surface area contributed by atoms with Crippen LogP contribution in [0.15, 0.2) is 42.6 Å². The summed E-state index contributed by atoms with van der Waals surface area (Å²) in [4.78, 5) is 16.2. The molecule has 0 radical (unpaired) electrons. The fourth-order valence-corrected chi connectivity index (χ4v) is 3.72.